The molecule has 0 radical (unpaired) electrons. The molecule has 0 aliphatic heterocycles. The van der Waals surface area contributed by atoms with Crippen LogP contribution < -0.4 is 5.73 Å². The van der Waals surface area contributed by atoms with Gasteiger partial charge in [0.05, 0.1) is 41.6 Å². The molecule has 0 bridgehead atoms. The smallest absolute Gasteiger partial charge is 0.308 e. The number of nitrogens with zero attached hydrogens (tertiary/aromatic N) is 3. The number of rotatable bonds is 3. The minimum atomic E-state index is -0.126. The SMILES string of the molecule is COC(=O)[C@H]1CC[C@H](n2cc(-c3cncc(N)c3Cl)c3cc(C#N)c(C)cc32)CC1. The molecule has 1 aliphatic rings. The molecule has 0 saturated heterocycles. The number of fused-ring (bicyclic) bond motifs is 1. The second-order valence-corrected chi connectivity index (χ2v) is 8.24. The third-order valence-corrected chi connectivity index (χ3v) is 6.54. The van der Waals surface area contributed by atoms with Crippen molar-refractivity contribution in [2.45, 2.75) is 38.6 Å². The van der Waals surface area contributed by atoms with Crippen LogP contribution in [-0.2, 0) is 9.53 Å². The van der Waals surface area contributed by atoms with Gasteiger partial charge in [0.15, 0.2) is 0 Å². The zero-order valence-electron chi connectivity index (χ0n) is 17.0. The maximum absolute atomic E-state index is 11.9. The van der Waals surface area contributed by atoms with Crippen LogP contribution in [0.5, 0.6) is 0 Å². The number of hydrogen-bond donors (Lipinski definition) is 1. The van der Waals surface area contributed by atoms with E-state index in [1.54, 1.807) is 6.20 Å². The molecule has 0 amide bonds. The Hall–Kier alpha value is -3.04. The molecule has 1 aliphatic carbocycles. The topological polar surface area (TPSA) is 93.9 Å². The van der Waals surface area contributed by atoms with E-state index in [4.69, 9.17) is 22.1 Å². The molecular formula is C23H23ClN4O2. The van der Waals surface area contributed by atoms with Crippen LogP contribution in [0, 0.1) is 24.2 Å². The highest BCUT2D eigenvalue weighted by Gasteiger charge is 2.29. The summed E-state index contributed by atoms with van der Waals surface area (Å²) in [6.45, 7) is 1.94. The number of carbonyl (C=O) groups excluding carboxylic acids is 1. The molecule has 1 fully saturated rings. The van der Waals surface area contributed by atoms with Gasteiger partial charge in [0.2, 0.25) is 0 Å². The van der Waals surface area contributed by atoms with E-state index in [0.717, 1.165) is 53.3 Å². The van der Waals surface area contributed by atoms with E-state index in [-0.39, 0.29) is 17.9 Å². The van der Waals surface area contributed by atoms with Crippen molar-refractivity contribution >= 4 is 34.2 Å². The van der Waals surface area contributed by atoms with Crippen molar-refractivity contribution in [3.8, 4) is 17.2 Å². The number of aromatic nitrogens is 2. The summed E-state index contributed by atoms with van der Waals surface area (Å²) >= 11 is 6.51. The van der Waals surface area contributed by atoms with Crippen molar-refractivity contribution in [2.24, 2.45) is 5.92 Å². The average Bonchev–Trinajstić information content (AvgIpc) is 3.12. The maximum Gasteiger partial charge on any atom is 0.308 e. The minimum Gasteiger partial charge on any atom is -0.469 e. The van der Waals surface area contributed by atoms with Crippen molar-refractivity contribution in [3.05, 3.63) is 46.9 Å². The average molecular weight is 423 g/mol. The first-order valence-electron chi connectivity index (χ1n) is 9.97. The number of nitrogen functional groups attached to an aromatic ring is 1. The molecule has 2 N–H and O–H groups in total. The zero-order valence-corrected chi connectivity index (χ0v) is 17.7. The van der Waals surface area contributed by atoms with Crippen LogP contribution in [0.25, 0.3) is 22.0 Å². The Morgan fingerprint density at radius 2 is 2.00 bits per heavy atom. The molecule has 0 unspecified atom stereocenters. The number of benzene rings is 1. The largest absolute Gasteiger partial charge is 0.469 e. The molecule has 2 heterocycles. The summed E-state index contributed by atoms with van der Waals surface area (Å²) in [7, 11) is 1.44. The number of anilines is 1. The highest BCUT2D eigenvalue weighted by molar-refractivity contribution is 6.36. The Labute approximate surface area is 180 Å². The lowest BCUT2D eigenvalue weighted by atomic mass is 9.86. The van der Waals surface area contributed by atoms with Crippen molar-refractivity contribution in [1.82, 2.24) is 9.55 Å². The highest BCUT2D eigenvalue weighted by Crippen LogP contribution is 2.42. The number of methoxy groups -OCH3 is 1. The van der Waals surface area contributed by atoms with Gasteiger partial charge >= 0.3 is 5.97 Å². The number of pyridine rings is 1. The minimum absolute atomic E-state index is 0.0351. The van der Waals surface area contributed by atoms with Gasteiger partial charge in [-0.15, -0.1) is 0 Å². The predicted octanol–water partition coefficient (Wildman–Crippen LogP) is 5.02. The van der Waals surface area contributed by atoms with Crippen molar-refractivity contribution in [2.75, 3.05) is 12.8 Å². The standard InChI is InChI=1S/C23H23ClN4O2/c1-13-7-21-17(8-15(13)9-25)19(18-10-27-11-20(26)22(18)24)12-28(21)16-5-3-14(4-6-16)23(29)30-2/h7-8,10-12,14,16H,3-6,26H2,1-2H3/t14-,16-. The number of nitrogens with two attached hydrogens (primary N) is 1. The highest BCUT2D eigenvalue weighted by atomic mass is 35.5. The van der Waals surface area contributed by atoms with E-state index >= 15 is 0 Å². The van der Waals surface area contributed by atoms with Gasteiger partial charge in [-0.3, -0.25) is 9.78 Å². The van der Waals surface area contributed by atoms with Gasteiger partial charge in [-0.2, -0.15) is 5.26 Å². The lowest BCUT2D eigenvalue weighted by Gasteiger charge is -2.28. The van der Waals surface area contributed by atoms with Crippen LogP contribution in [0.15, 0.2) is 30.7 Å². The number of ether oxygens (including phenoxy) is 1. The lowest BCUT2D eigenvalue weighted by Crippen LogP contribution is -2.24. The first-order valence-corrected chi connectivity index (χ1v) is 10.3. The Kier molecular flexibility index (Phi) is 5.40. The Bertz CT molecular complexity index is 1170. The summed E-state index contributed by atoms with van der Waals surface area (Å²) in [5.41, 5.74) is 10.7. The fourth-order valence-corrected chi connectivity index (χ4v) is 4.64. The van der Waals surface area contributed by atoms with Crippen molar-refractivity contribution in [1.29, 1.82) is 5.26 Å². The Morgan fingerprint density at radius 3 is 2.67 bits per heavy atom. The van der Waals surface area contributed by atoms with E-state index in [1.807, 2.05) is 13.0 Å². The van der Waals surface area contributed by atoms with Crippen molar-refractivity contribution in [3.63, 3.8) is 0 Å². The van der Waals surface area contributed by atoms with Gasteiger partial charge in [-0.1, -0.05) is 11.6 Å². The monoisotopic (exact) mass is 422 g/mol. The van der Waals surface area contributed by atoms with E-state index in [1.165, 1.54) is 13.3 Å². The van der Waals surface area contributed by atoms with Gasteiger partial charge < -0.3 is 15.0 Å². The number of aryl methyl sites for hydroxylation is 1. The van der Waals surface area contributed by atoms with E-state index < -0.39 is 0 Å². The van der Waals surface area contributed by atoms with Gasteiger partial charge in [-0.25, -0.2) is 0 Å². The number of esters is 1. The summed E-state index contributed by atoms with van der Waals surface area (Å²) < 4.78 is 7.17. The maximum atomic E-state index is 11.9. The third-order valence-electron chi connectivity index (χ3n) is 6.12. The van der Waals surface area contributed by atoms with E-state index in [2.05, 4.69) is 27.9 Å². The summed E-state index contributed by atoms with van der Waals surface area (Å²) in [5, 5.41) is 10.9. The zero-order chi connectivity index (χ0) is 21.4. The molecule has 1 saturated carbocycles. The molecule has 2 aromatic heterocycles. The normalized spacial score (nSPS) is 18.9. The molecule has 7 heteroatoms. The third kappa shape index (κ3) is 3.40. The molecule has 3 aromatic rings. The first-order chi connectivity index (χ1) is 14.4. The van der Waals surface area contributed by atoms with Crippen LogP contribution >= 0.6 is 11.6 Å². The summed E-state index contributed by atoms with van der Waals surface area (Å²) in [6.07, 6.45) is 8.67. The van der Waals surface area contributed by atoms with E-state index in [0.29, 0.717) is 16.3 Å². The second kappa shape index (κ2) is 8.00. The number of hydrogen-bond acceptors (Lipinski definition) is 5. The quantitative estimate of drug-likeness (QED) is 0.598. The van der Waals surface area contributed by atoms with Crippen LogP contribution in [0.2, 0.25) is 5.02 Å². The first kappa shape index (κ1) is 20.2. The van der Waals surface area contributed by atoms with Crippen LogP contribution in [0.4, 0.5) is 5.69 Å². The van der Waals surface area contributed by atoms with Crippen LogP contribution in [0.3, 0.4) is 0 Å². The molecule has 0 spiro atoms. The summed E-state index contributed by atoms with van der Waals surface area (Å²) in [5.74, 6) is -0.161. The summed E-state index contributed by atoms with van der Waals surface area (Å²) in [4.78, 5) is 16.1. The predicted molar refractivity (Wildman–Crippen MR) is 117 cm³/mol. The number of halogens is 1. The fraction of sp³-hybridized carbons (Fsp3) is 0.348. The molecule has 4 rings (SSSR count). The van der Waals surface area contributed by atoms with Crippen LogP contribution in [0.1, 0.15) is 42.9 Å². The lowest BCUT2D eigenvalue weighted by molar-refractivity contribution is -0.146. The van der Waals surface area contributed by atoms with E-state index in [9.17, 15) is 10.1 Å². The molecule has 154 valence electrons. The second-order valence-electron chi connectivity index (χ2n) is 7.87. The molecule has 0 atom stereocenters. The van der Waals surface area contributed by atoms with Gasteiger partial charge in [0, 0.05) is 40.5 Å². The number of carbonyl (C=O) groups is 1. The van der Waals surface area contributed by atoms with Crippen LogP contribution in [-0.4, -0.2) is 22.6 Å². The Morgan fingerprint density at radius 1 is 1.27 bits per heavy atom. The molecular weight excluding hydrogens is 400 g/mol. The number of nitriles is 1. The fourth-order valence-electron chi connectivity index (χ4n) is 4.44. The molecule has 30 heavy (non-hydrogen) atoms. The van der Waals surface area contributed by atoms with Gasteiger partial charge in [0.1, 0.15) is 0 Å². The summed E-state index contributed by atoms with van der Waals surface area (Å²) in [6, 6.07) is 6.49. The Balaban J connectivity index is 1.83. The van der Waals surface area contributed by atoms with Crippen molar-refractivity contribution < 1.29 is 9.53 Å². The molecule has 6 nitrogen and oxygen atoms in total. The van der Waals surface area contributed by atoms with Gasteiger partial charge in [-0.05, 0) is 50.3 Å². The van der Waals surface area contributed by atoms with Gasteiger partial charge in [0.25, 0.3) is 0 Å². The molecule has 1 aromatic carbocycles.